The number of nitrogens with zero attached hydrogens (tertiary/aromatic N) is 2. The number of allylic oxidation sites excluding steroid dienone is 2. The molecule has 0 unspecified atom stereocenters. The van der Waals surface area contributed by atoms with E-state index in [1.807, 2.05) is 34.6 Å². The Labute approximate surface area is 190 Å². The highest BCUT2D eigenvalue weighted by molar-refractivity contribution is 6.33. The summed E-state index contributed by atoms with van der Waals surface area (Å²) >= 11 is 6.38. The molecule has 0 bridgehead atoms. The standard InChI is InChI=1S/C23H26ClF3N2O3/c1-11(2)10-29-21(32-22(31)23(25,26)27)19(15(7)28-29)20(30)16-8-9-17(24)18(14(16)6)13(5)12(3)4/h8-9,11H,10H2,1-7H3. The Bertz CT molecular complexity index is 1090. The van der Waals surface area contributed by atoms with Gasteiger partial charge in [0.2, 0.25) is 11.7 Å². The molecule has 1 aromatic carbocycles. The molecule has 0 N–H and O–H groups in total. The average Bonchev–Trinajstić information content (AvgIpc) is 2.94. The number of esters is 1. The van der Waals surface area contributed by atoms with Crippen LogP contribution >= 0.6 is 11.6 Å². The SMILES string of the molecule is CC(C)=C(C)c1c(Cl)ccc(C(=O)c2c(C)nn(CC(C)C)c2OC(=O)C(F)(F)F)c1C. The quantitative estimate of drug-likeness (QED) is 0.366. The van der Waals surface area contributed by atoms with Gasteiger partial charge in [-0.1, -0.05) is 31.0 Å². The van der Waals surface area contributed by atoms with Crippen molar-refractivity contribution in [3.63, 3.8) is 0 Å². The van der Waals surface area contributed by atoms with Crippen molar-refractivity contribution in [1.29, 1.82) is 0 Å². The second-order valence-corrected chi connectivity index (χ2v) is 8.69. The molecule has 0 spiro atoms. The molecule has 0 aliphatic heterocycles. The minimum absolute atomic E-state index is 0.0234. The van der Waals surface area contributed by atoms with Crippen LogP contribution in [0, 0.1) is 19.8 Å². The molecule has 0 saturated carbocycles. The smallest absolute Gasteiger partial charge is 0.400 e. The summed E-state index contributed by atoms with van der Waals surface area (Å²) in [5, 5.41) is 4.63. The van der Waals surface area contributed by atoms with Crippen molar-refractivity contribution in [2.45, 2.75) is 61.2 Å². The summed E-state index contributed by atoms with van der Waals surface area (Å²) in [5.74, 6) is -3.55. The maximum absolute atomic E-state index is 13.5. The van der Waals surface area contributed by atoms with Gasteiger partial charge in [-0.15, -0.1) is 0 Å². The summed E-state index contributed by atoms with van der Waals surface area (Å²) in [4.78, 5) is 25.1. The molecule has 174 valence electrons. The first kappa shape index (κ1) is 25.6. The van der Waals surface area contributed by atoms with Gasteiger partial charge in [-0.25, -0.2) is 9.48 Å². The molecule has 2 rings (SSSR count). The normalized spacial score (nSPS) is 11.6. The lowest BCUT2D eigenvalue weighted by Gasteiger charge is -2.16. The molecule has 2 aromatic rings. The van der Waals surface area contributed by atoms with E-state index in [0.717, 1.165) is 15.8 Å². The van der Waals surface area contributed by atoms with Gasteiger partial charge in [0.25, 0.3) is 0 Å². The number of alkyl halides is 3. The largest absolute Gasteiger partial charge is 0.491 e. The predicted octanol–water partition coefficient (Wildman–Crippen LogP) is 6.32. The van der Waals surface area contributed by atoms with Crippen molar-refractivity contribution in [3.8, 4) is 5.88 Å². The predicted molar refractivity (Wildman–Crippen MR) is 117 cm³/mol. The third-order valence-electron chi connectivity index (χ3n) is 5.05. The van der Waals surface area contributed by atoms with Gasteiger partial charge in [-0.2, -0.15) is 18.3 Å². The van der Waals surface area contributed by atoms with Crippen LogP contribution in [-0.4, -0.2) is 27.7 Å². The maximum atomic E-state index is 13.5. The van der Waals surface area contributed by atoms with E-state index in [-0.39, 0.29) is 29.3 Å². The van der Waals surface area contributed by atoms with E-state index in [0.29, 0.717) is 16.1 Å². The Hall–Kier alpha value is -2.61. The molecule has 0 amide bonds. The Kier molecular flexibility index (Phi) is 7.60. The van der Waals surface area contributed by atoms with Crippen LogP contribution in [0.4, 0.5) is 13.2 Å². The first-order valence-corrected chi connectivity index (χ1v) is 10.4. The van der Waals surface area contributed by atoms with Gasteiger partial charge in [-0.3, -0.25) is 4.79 Å². The number of hydrogen-bond acceptors (Lipinski definition) is 4. The third kappa shape index (κ3) is 5.23. The molecule has 0 saturated heterocycles. The number of halogens is 4. The van der Waals surface area contributed by atoms with Gasteiger partial charge < -0.3 is 4.74 Å². The number of benzene rings is 1. The summed E-state index contributed by atoms with van der Waals surface area (Å²) in [5.41, 5.74) is 3.36. The van der Waals surface area contributed by atoms with E-state index in [2.05, 4.69) is 9.84 Å². The minimum Gasteiger partial charge on any atom is -0.400 e. The van der Waals surface area contributed by atoms with Gasteiger partial charge >= 0.3 is 12.1 Å². The van der Waals surface area contributed by atoms with E-state index >= 15 is 0 Å². The zero-order valence-corrected chi connectivity index (χ0v) is 19.8. The van der Waals surface area contributed by atoms with Crippen LogP contribution in [0.15, 0.2) is 17.7 Å². The van der Waals surface area contributed by atoms with Gasteiger partial charge in [0.05, 0.1) is 5.69 Å². The number of hydrogen-bond donors (Lipinski definition) is 0. The number of ether oxygens (including phenoxy) is 1. The molecule has 9 heteroatoms. The van der Waals surface area contributed by atoms with Gasteiger partial charge in [0.15, 0.2) is 0 Å². The van der Waals surface area contributed by atoms with Crippen LogP contribution in [-0.2, 0) is 11.3 Å². The Morgan fingerprint density at radius 3 is 2.22 bits per heavy atom. The number of rotatable bonds is 6. The van der Waals surface area contributed by atoms with E-state index in [9.17, 15) is 22.8 Å². The van der Waals surface area contributed by atoms with Crippen LogP contribution in [0.5, 0.6) is 5.88 Å². The van der Waals surface area contributed by atoms with E-state index < -0.39 is 23.8 Å². The van der Waals surface area contributed by atoms with Crippen molar-refractivity contribution in [2.75, 3.05) is 0 Å². The summed E-state index contributed by atoms with van der Waals surface area (Å²) in [6.45, 7) is 12.7. The van der Waals surface area contributed by atoms with Crippen molar-refractivity contribution < 1.29 is 27.5 Å². The van der Waals surface area contributed by atoms with E-state index in [4.69, 9.17) is 11.6 Å². The fourth-order valence-electron chi connectivity index (χ4n) is 3.31. The van der Waals surface area contributed by atoms with E-state index in [1.165, 1.54) is 13.0 Å². The minimum atomic E-state index is -5.22. The molecule has 1 heterocycles. The molecule has 0 aliphatic carbocycles. The first-order valence-electron chi connectivity index (χ1n) is 10.0. The fourth-order valence-corrected chi connectivity index (χ4v) is 3.66. The summed E-state index contributed by atoms with van der Waals surface area (Å²) < 4.78 is 44.5. The fraction of sp³-hybridized carbons (Fsp3) is 0.435. The molecule has 0 atom stereocenters. The van der Waals surface area contributed by atoms with Crippen LogP contribution in [0.2, 0.25) is 5.02 Å². The van der Waals surface area contributed by atoms with Crippen LogP contribution in [0.3, 0.4) is 0 Å². The third-order valence-corrected chi connectivity index (χ3v) is 5.37. The number of aromatic nitrogens is 2. The highest BCUT2D eigenvalue weighted by atomic mass is 35.5. The average molecular weight is 471 g/mol. The lowest BCUT2D eigenvalue weighted by Crippen LogP contribution is -2.29. The van der Waals surface area contributed by atoms with Gasteiger partial charge in [0, 0.05) is 17.1 Å². The highest BCUT2D eigenvalue weighted by Crippen LogP contribution is 2.34. The Balaban J connectivity index is 2.72. The number of aryl methyl sites for hydroxylation is 1. The lowest BCUT2D eigenvalue weighted by molar-refractivity contribution is -0.190. The summed E-state index contributed by atoms with van der Waals surface area (Å²) in [6, 6.07) is 3.08. The zero-order valence-electron chi connectivity index (χ0n) is 19.1. The Morgan fingerprint density at radius 2 is 1.72 bits per heavy atom. The molecule has 0 aliphatic rings. The number of carbonyl (C=O) groups excluding carboxylic acids is 2. The highest BCUT2D eigenvalue weighted by Gasteiger charge is 2.43. The molecule has 5 nitrogen and oxygen atoms in total. The maximum Gasteiger partial charge on any atom is 0.491 e. The first-order chi connectivity index (χ1) is 14.7. The van der Waals surface area contributed by atoms with Crippen LogP contribution in [0.1, 0.15) is 67.4 Å². The van der Waals surface area contributed by atoms with Crippen molar-refractivity contribution in [1.82, 2.24) is 9.78 Å². The second-order valence-electron chi connectivity index (χ2n) is 8.28. The van der Waals surface area contributed by atoms with Crippen LogP contribution < -0.4 is 4.74 Å². The summed E-state index contributed by atoms with van der Waals surface area (Å²) in [7, 11) is 0. The zero-order chi connectivity index (χ0) is 24.5. The molecular formula is C23H26ClF3N2O3. The number of ketones is 1. The van der Waals surface area contributed by atoms with Gasteiger partial charge in [-0.05, 0) is 69.4 Å². The van der Waals surface area contributed by atoms with Crippen molar-refractivity contribution in [2.24, 2.45) is 5.92 Å². The number of carbonyl (C=O) groups is 2. The van der Waals surface area contributed by atoms with Crippen LogP contribution in [0.25, 0.3) is 5.57 Å². The van der Waals surface area contributed by atoms with Gasteiger partial charge in [0.1, 0.15) is 5.56 Å². The molecular weight excluding hydrogens is 445 g/mol. The molecule has 1 aromatic heterocycles. The lowest BCUT2D eigenvalue weighted by atomic mass is 9.91. The Morgan fingerprint density at radius 1 is 1.12 bits per heavy atom. The summed E-state index contributed by atoms with van der Waals surface area (Å²) in [6.07, 6.45) is -5.22. The second kappa shape index (κ2) is 9.48. The topological polar surface area (TPSA) is 61.2 Å². The molecule has 32 heavy (non-hydrogen) atoms. The van der Waals surface area contributed by atoms with Crippen molar-refractivity contribution in [3.05, 3.63) is 50.7 Å². The molecule has 0 radical (unpaired) electrons. The molecule has 0 fully saturated rings. The van der Waals surface area contributed by atoms with E-state index in [1.54, 1.807) is 13.0 Å². The van der Waals surface area contributed by atoms with Crippen molar-refractivity contribution >= 4 is 28.9 Å². The monoisotopic (exact) mass is 470 g/mol.